The monoisotopic (exact) mass is 320 g/mol. The lowest BCUT2D eigenvalue weighted by Gasteiger charge is -2.11. The summed E-state index contributed by atoms with van der Waals surface area (Å²) in [4.78, 5) is 8.76. The van der Waals surface area contributed by atoms with Crippen LogP contribution in [0.3, 0.4) is 0 Å². The minimum Gasteiger partial charge on any atom is -0.496 e. The third-order valence-corrected chi connectivity index (χ3v) is 3.58. The summed E-state index contributed by atoms with van der Waals surface area (Å²) in [7, 11) is 1.67. The van der Waals surface area contributed by atoms with Gasteiger partial charge in [0.25, 0.3) is 0 Å². The molecule has 0 saturated heterocycles. The fraction of sp³-hybridized carbons (Fsp3) is 0.158. The molecule has 0 aliphatic carbocycles. The standard InChI is InChI=1S/C19H20N4O/c1-14-6-5-8-16(12-14)22-19-20-11-10-18(23-19)21-13-15-7-3-4-9-17(15)24-2/h3-12H,13H2,1-2H3,(H2,20,21,22,23). The first kappa shape index (κ1) is 15.8. The molecule has 1 aromatic heterocycles. The summed E-state index contributed by atoms with van der Waals surface area (Å²) in [5, 5.41) is 6.52. The highest BCUT2D eigenvalue weighted by Gasteiger charge is 2.04. The zero-order chi connectivity index (χ0) is 16.8. The molecule has 0 spiro atoms. The number of hydrogen-bond acceptors (Lipinski definition) is 5. The molecule has 3 aromatic rings. The lowest BCUT2D eigenvalue weighted by molar-refractivity contribution is 0.410. The Kier molecular flexibility index (Phi) is 4.91. The van der Waals surface area contributed by atoms with Gasteiger partial charge >= 0.3 is 0 Å². The van der Waals surface area contributed by atoms with Gasteiger partial charge in [-0.1, -0.05) is 30.3 Å². The summed E-state index contributed by atoms with van der Waals surface area (Å²) in [6, 6.07) is 17.9. The molecular weight excluding hydrogens is 300 g/mol. The quantitative estimate of drug-likeness (QED) is 0.714. The molecule has 0 amide bonds. The SMILES string of the molecule is COc1ccccc1CNc1ccnc(Nc2cccc(C)c2)n1. The lowest BCUT2D eigenvalue weighted by Crippen LogP contribution is -2.05. The Morgan fingerprint density at radius 1 is 1.04 bits per heavy atom. The van der Waals surface area contributed by atoms with E-state index < -0.39 is 0 Å². The lowest BCUT2D eigenvalue weighted by atomic mass is 10.2. The summed E-state index contributed by atoms with van der Waals surface area (Å²) in [6.07, 6.45) is 1.73. The molecule has 2 aromatic carbocycles. The number of rotatable bonds is 6. The first-order valence-corrected chi connectivity index (χ1v) is 7.77. The zero-order valence-electron chi connectivity index (χ0n) is 13.8. The van der Waals surface area contributed by atoms with Gasteiger partial charge in [-0.3, -0.25) is 0 Å². The van der Waals surface area contributed by atoms with Crippen molar-refractivity contribution in [3.05, 3.63) is 71.9 Å². The maximum atomic E-state index is 5.36. The first-order chi connectivity index (χ1) is 11.7. The van der Waals surface area contributed by atoms with Crippen LogP contribution in [0.25, 0.3) is 0 Å². The Bertz CT molecular complexity index is 820. The maximum absolute atomic E-state index is 5.36. The molecule has 0 atom stereocenters. The van der Waals surface area contributed by atoms with Crippen LogP contribution in [0.4, 0.5) is 17.5 Å². The normalized spacial score (nSPS) is 10.2. The molecule has 5 nitrogen and oxygen atoms in total. The van der Waals surface area contributed by atoms with E-state index in [1.54, 1.807) is 13.3 Å². The van der Waals surface area contributed by atoms with Gasteiger partial charge in [0, 0.05) is 24.0 Å². The molecule has 0 unspecified atom stereocenters. The first-order valence-electron chi connectivity index (χ1n) is 7.77. The van der Waals surface area contributed by atoms with E-state index >= 15 is 0 Å². The Morgan fingerprint density at radius 3 is 2.75 bits per heavy atom. The number of methoxy groups -OCH3 is 1. The van der Waals surface area contributed by atoms with Crippen molar-refractivity contribution in [2.24, 2.45) is 0 Å². The summed E-state index contributed by atoms with van der Waals surface area (Å²) in [5.74, 6) is 2.17. The maximum Gasteiger partial charge on any atom is 0.229 e. The third-order valence-electron chi connectivity index (χ3n) is 3.58. The van der Waals surface area contributed by atoms with E-state index in [9.17, 15) is 0 Å². The van der Waals surface area contributed by atoms with E-state index in [0.29, 0.717) is 12.5 Å². The predicted octanol–water partition coefficient (Wildman–Crippen LogP) is 4.15. The summed E-state index contributed by atoms with van der Waals surface area (Å²) < 4.78 is 5.36. The van der Waals surface area contributed by atoms with Crippen molar-refractivity contribution >= 4 is 17.5 Å². The molecule has 24 heavy (non-hydrogen) atoms. The Morgan fingerprint density at radius 2 is 1.92 bits per heavy atom. The van der Waals surface area contributed by atoms with Gasteiger partial charge in [0.05, 0.1) is 7.11 Å². The zero-order valence-corrected chi connectivity index (χ0v) is 13.8. The van der Waals surface area contributed by atoms with Gasteiger partial charge in [-0.2, -0.15) is 4.98 Å². The highest BCUT2D eigenvalue weighted by molar-refractivity contribution is 5.55. The van der Waals surface area contributed by atoms with Gasteiger partial charge in [0.1, 0.15) is 11.6 Å². The van der Waals surface area contributed by atoms with Crippen molar-refractivity contribution in [3.63, 3.8) is 0 Å². The molecule has 0 bridgehead atoms. The van der Waals surface area contributed by atoms with Gasteiger partial charge in [0.2, 0.25) is 5.95 Å². The van der Waals surface area contributed by atoms with E-state index in [2.05, 4.69) is 39.7 Å². The van der Waals surface area contributed by atoms with E-state index in [4.69, 9.17) is 4.74 Å². The molecule has 0 radical (unpaired) electrons. The molecule has 0 aliphatic heterocycles. The fourth-order valence-electron chi connectivity index (χ4n) is 2.40. The van der Waals surface area contributed by atoms with Crippen LogP contribution in [-0.4, -0.2) is 17.1 Å². The highest BCUT2D eigenvalue weighted by atomic mass is 16.5. The van der Waals surface area contributed by atoms with Gasteiger partial charge < -0.3 is 15.4 Å². The molecule has 0 aliphatic rings. The van der Waals surface area contributed by atoms with E-state index in [1.807, 2.05) is 42.5 Å². The van der Waals surface area contributed by atoms with Crippen molar-refractivity contribution in [2.75, 3.05) is 17.7 Å². The second kappa shape index (κ2) is 7.46. The highest BCUT2D eigenvalue weighted by Crippen LogP contribution is 2.19. The average molecular weight is 320 g/mol. The summed E-state index contributed by atoms with van der Waals surface area (Å²) >= 11 is 0. The molecule has 122 valence electrons. The van der Waals surface area contributed by atoms with Crippen LogP contribution in [0.2, 0.25) is 0 Å². The fourth-order valence-corrected chi connectivity index (χ4v) is 2.40. The number of para-hydroxylation sites is 1. The largest absolute Gasteiger partial charge is 0.496 e. The van der Waals surface area contributed by atoms with Crippen LogP contribution in [0, 0.1) is 6.92 Å². The number of ether oxygens (including phenoxy) is 1. The van der Waals surface area contributed by atoms with Crippen molar-refractivity contribution in [1.82, 2.24) is 9.97 Å². The summed E-state index contributed by atoms with van der Waals surface area (Å²) in [6.45, 7) is 2.68. The number of nitrogens with one attached hydrogen (secondary N) is 2. The Hall–Kier alpha value is -3.08. The molecule has 0 fully saturated rings. The average Bonchev–Trinajstić information content (AvgIpc) is 2.60. The topological polar surface area (TPSA) is 59.1 Å². The molecular formula is C19H20N4O. The number of benzene rings is 2. The van der Waals surface area contributed by atoms with Gasteiger partial charge in [0.15, 0.2) is 0 Å². The van der Waals surface area contributed by atoms with Crippen LogP contribution in [0.15, 0.2) is 60.8 Å². The number of aryl methyl sites for hydroxylation is 1. The van der Waals surface area contributed by atoms with Crippen LogP contribution in [-0.2, 0) is 6.54 Å². The van der Waals surface area contributed by atoms with Gasteiger partial charge in [-0.25, -0.2) is 4.98 Å². The van der Waals surface area contributed by atoms with E-state index in [0.717, 1.165) is 22.8 Å². The second-order valence-electron chi connectivity index (χ2n) is 5.43. The van der Waals surface area contributed by atoms with Crippen LogP contribution < -0.4 is 15.4 Å². The molecule has 1 heterocycles. The molecule has 0 saturated carbocycles. The van der Waals surface area contributed by atoms with Crippen LogP contribution in [0.5, 0.6) is 5.75 Å². The summed E-state index contributed by atoms with van der Waals surface area (Å²) in [5.41, 5.74) is 3.23. The van der Waals surface area contributed by atoms with Crippen LogP contribution in [0.1, 0.15) is 11.1 Å². The van der Waals surface area contributed by atoms with Crippen molar-refractivity contribution in [1.29, 1.82) is 0 Å². The second-order valence-corrected chi connectivity index (χ2v) is 5.43. The molecule has 5 heteroatoms. The van der Waals surface area contributed by atoms with Gasteiger partial charge in [-0.15, -0.1) is 0 Å². The number of aromatic nitrogens is 2. The van der Waals surface area contributed by atoms with Crippen molar-refractivity contribution in [3.8, 4) is 5.75 Å². The minimum absolute atomic E-state index is 0.561. The minimum atomic E-state index is 0.561. The predicted molar refractivity (Wildman–Crippen MR) is 96.8 cm³/mol. The van der Waals surface area contributed by atoms with Crippen molar-refractivity contribution < 1.29 is 4.74 Å². The smallest absolute Gasteiger partial charge is 0.229 e. The van der Waals surface area contributed by atoms with Crippen LogP contribution >= 0.6 is 0 Å². The Labute approximate surface area is 141 Å². The number of anilines is 3. The van der Waals surface area contributed by atoms with Gasteiger partial charge in [-0.05, 0) is 36.8 Å². The third kappa shape index (κ3) is 4.01. The number of nitrogens with zero attached hydrogens (tertiary/aromatic N) is 2. The van der Waals surface area contributed by atoms with Crippen molar-refractivity contribution in [2.45, 2.75) is 13.5 Å². The van der Waals surface area contributed by atoms with E-state index in [-0.39, 0.29) is 0 Å². The number of hydrogen-bond donors (Lipinski definition) is 2. The molecule has 3 rings (SSSR count). The Balaban J connectivity index is 1.69. The van der Waals surface area contributed by atoms with E-state index in [1.165, 1.54) is 5.56 Å². The molecule has 2 N–H and O–H groups in total.